The van der Waals surface area contributed by atoms with Crippen molar-refractivity contribution < 1.29 is 5.11 Å². The standard InChI is InChI=1S/C13H26O/c1-4-11(5-2)9-13(3,14)10-12-7-6-8-12/h11-12,14H,4-10H2,1-3H3. The van der Waals surface area contributed by atoms with Crippen molar-refractivity contribution in [3.8, 4) is 0 Å². The lowest BCUT2D eigenvalue weighted by molar-refractivity contribution is -0.00229. The third-order valence-electron chi connectivity index (χ3n) is 3.84. The van der Waals surface area contributed by atoms with E-state index < -0.39 is 5.60 Å². The molecule has 0 aliphatic heterocycles. The molecule has 0 spiro atoms. The van der Waals surface area contributed by atoms with Gasteiger partial charge in [0.05, 0.1) is 5.60 Å². The first-order valence-corrected chi connectivity index (χ1v) is 6.29. The largest absolute Gasteiger partial charge is 0.390 e. The first-order chi connectivity index (χ1) is 6.57. The molecule has 1 unspecified atom stereocenters. The molecule has 0 aromatic carbocycles. The summed E-state index contributed by atoms with van der Waals surface area (Å²) in [5, 5.41) is 10.3. The molecule has 0 bridgehead atoms. The molecule has 0 amide bonds. The van der Waals surface area contributed by atoms with Gasteiger partial charge in [-0.3, -0.25) is 0 Å². The smallest absolute Gasteiger partial charge is 0.0625 e. The molecule has 1 aliphatic rings. The number of hydrogen-bond donors (Lipinski definition) is 1. The first-order valence-electron chi connectivity index (χ1n) is 6.29. The molecule has 0 saturated heterocycles. The second-order valence-corrected chi connectivity index (χ2v) is 5.38. The molecule has 1 fully saturated rings. The molecular weight excluding hydrogens is 172 g/mol. The zero-order valence-electron chi connectivity index (χ0n) is 10.1. The highest BCUT2D eigenvalue weighted by Crippen LogP contribution is 2.36. The molecule has 1 saturated carbocycles. The average molecular weight is 198 g/mol. The Balaban J connectivity index is 2.30. The fourth-order valence-corrected chi connectivity index (χ4v) is 2.60. The van der Waals surface area contributed by atoms with Crippen LogP contribution in [-0.2, 0) is 0 Å². The van der Waals surface area contributed by atoms with E-state index in [1.54, 1.807) is 0 Å². The Morgan fingerprint density at radius 2 is 1.86 bits per heavy atom. The summed E-state index contributed by atoms with van der Waals surface area (Å²) in [6, 6.07) is 0. The minimum atomic E-state index is -0.401. The van der Waals surface area contributed by atoms with Gasteiger partial charge in [-0.1, -0.05) is 46.0 Å². The lowest BCUT2D eigenvalue weighted by Gasteiger charge is -2.35. The van der Waals surface area contributed by atoms with Crippen LogP contribution in [-0.4, -0.2) is 10.7 Å². The van der Waals surface area contributed by atoms with Gasteiger partial charge in [0.2, 0.25) is 0 Å². The van der Waals surface area contributed by atoms with Crippen molar-refractivity contribution in [2.45, 2.75) is 71.3 Å². The maximum absolute atomic E-state index is 10.3. The highest BCUT2D eigenvalue weighted by molar-refractivity contribution is 4.82. The van der Waals surface area contributed by atoms with Gasteiger partial charge in [-0.2, -0.15) is 0 Å². The van der Waals surface area contributed by atoms with E-state index in [1.807, 2.05) is 6.92 Å². The molecular formula is C13H26O. The quantitative estimate of drug-likeness (QED) is 0.689. The van der Waals surface area contributed by atoms with Crippen LogP contribution in [0.15, 0.2) is 0 Å². The molecule has 0 heterocycles. The van der Waals surface area contributed by atoms with Crippen LogP contribution in [0.3, 0.4) is 0 Å². The van der Waals surface area contributed by atoms with E-state index in [-0.39, 0.29) is 0 Å². The highest BCUT2D eigenvalue weighted by atomic mass is 16.3. The Labute approximate surface area is 88.9 Å². The summed E-state index contributed by atoms with van der Waals surface area (Å²) in [4.78, 5) is 0. The summed E-state index contributed by atoms with van der Waals surface area (Å²) < 4.78 is 0. The van der Waals surface area contributed by atoms with E-state index in [0.717, 1.165) is 18.8 Å². The fraction of sp³-hybridized carbons (Fsp3) is 1.00. The molecule has 0 aromatic heterocycles. The Morgan fingerprint density at radius 3 is 2.21 bits per heavy atom. The Bertz CT molecular complexity index is 155. The molecule has 1 heteroatoms. The van der Waals surface area contributed by atoms with Gasteiger partial charge in [0, 0.05) is 0 Å². The first kappa shape index (κ1) is 12.0. The van der Waals surface area contributed by atoms with E-state index >= 15 is 0 Å². The fourth-order valence-electron chi connectivity index (χ4n) is 2.60. The molecule has 1 N–H and O–H groups in total. The van der Waals surface area contributed by atoms with Gasteiger partial charge >= 0.3 is 0 Å². The van der Waals surface area contributed by atoms with Gasteiger partial charge in [-0.15, -0.1) is 0 Å². The van der Waals surface area contributed by atoms with Crippen molar-refractivity contribution in [1.82, 2.24) is 0 Å². The summed E-state index contributed by atoms with van der Waals surface area (Å²) in [6.07, 6.45) is 8.51. The Hall–Kier alpha value is -0.0400. The van der Waals surface area contributed by atoms with Crippen LogP contribution in [0.1, 0.15) is 65.7 Å². The molecule has 0 radical (unpaired) electrons. The molecule has 1 nitrogen and oxygen atoms in total. The third-order valence-corrected chi connectivity index (χ3v) is 3.84. The molecule has 0 aromatic rings. The van der Waals surface area contributed by atoms with Crippen molar-refractivity contribution in [3.05, 3.63) is 0 Å². The summed E-state index contributed by atoms with van der Waals surface area (Å²) >= 11 is 0. The van der Waals surface area contributed by atoms with Crippen LogP contribution in [0.5, 0.6) is 0 Å². The van der Waals surface area contributed by atoms with E-state index in [9.17, 15) is 5.11 Å². The lowest BCUT2D eigenvalue weighted by Crippen LogP contribution is -2.32. The van der Waals surface area contributed by atoms with E-state index in [4.69, 9.17) is 0 Å². The van der Waals surface area contributed by atoms with Gasteiger partial charge in [0.25, 0.3) is 0 Å². The SMILES string of the molecule is CCC(CC)CC(C)(O)CC1CCC1. The molecule has 14 heavy (non-hydrogen) atoms. The van der Waals surface area contributed by atoms with Crippen LogP contribution < -0.4 is 0 Å². The zero-order valence-corrected chi connectivity index (χ0v) is 10.1. The average Bonchev–Trinajstić information content (AvgIpc) is 2.08. The van der Waals surface area contributed by atoms with Gasteiger partial charge in [0.1, 0.15) is 0 Å². The van der Waals surface area contributed by atoms with Crippen LogP contribution in [0.4, 0.5) is 0 Å². The van der Waals surface area contributed by atoms with Crippen molar-refractivity contribution in [2.24, 2.45) is 11.8 Å². The third kappa shape index (κ3) is 3.61. The molecule has 1 rings (SSSR count). The van der Waals surface area contributed by atoms with Crippen LogP contribution >= 0.6 is 0 Å². The van der Waals surface area contributed by atoms with Crippen molar-refractivity contribution in [1.29, 1.82) is 0 Å². The van der Waals surface area contributed by atoms with Crippen molar-refractivity contribution in [3.63, 3.8) is 0 Å². The zero-order chi connectivity index (χ0) is 10.6. The van der Waals surface area contributed by atoms with E-state index in [2.05, 4.69) is 13.8 Å². The minimum Gasteiger partial charge on any atom is -0.390 e. The Morgan fingerprint density at radius 1 is 1.29 bits per heavy atom. The maximum Gasteiger partial charge on any atom is 0.0625 e. The summed E-state index contributed by atoms with van der Waals surface area (Å²) in [5.41, 5.74) is -0.401. The minimum absolute atomic E-state index is 0.401. The predicted molar refractivity (Wildman–Crippen MR) is 61.3 cm³/mol. The van der Waals surface area contributed by atoms with Crippen molar-refractivity contribution >= 4 is 0 Å². The second kappa shape index (κ2) is 5.16. The topological polar surface area (TPSA) is 20.2 Å². The number of hydrogen-bond acceptors (Lipinski definition) is 1. The van der Waals surface area contributed by atoms with Gasteiger partial charge in [0.15, 0.2) is 0 Å². The van der Waals surface area contributed by atoms with Gasteiger partial charge in [-0.05, 0) is 31.6 Å². The van der Waals surface area contributed by atoms with Crippen LogP contribution in [0.25, 0.3) is 0 Å². The van der Waals surface area contributed by atoms with E-state index in [1.165, 1.54) is 32.1 Å². The number of aliphatic hydroxyl groups is 1. The molecule has 1 atom stereocenters. The highest BCUT2D eigenvalue weighted by Gasteiger charge is 2.30. The second-order valence-electron chi connectivity index (χ2n) is 5.38. The van der Waals surface area contributed by atoms with Crippen LogP contribution in [0.2, 0.25) is 0 Å². The van der Waals surface area contributed by atoms with Gasteiger partial charge in [-0.25, -0.2) is 0 Å². The molecule has 1 aliphatic carbocycles. The summed E-state index contributed by atoms with van der Waals surface area (Å²) in [7, 11) is 0. The Kier molecular flexibility index (Phi) is 4.43. The lowest BCUT2D eigenvalue weighted by atomic mass is 9.75. The maximum atomic E-state index is 10.3. The monoisotopic (exact) mass is 198 g/mol. The predicted octanol–water partition coefficient (Wildman–Crippen LogP) is 3.75. The van der Waals surface area contributed by atoms with E-state index in [0.29, 0.717) is 5.92 Å². The normalized spacial score (nSPS) is 22.1. The summed E-state index contributed by atoms with van der Waals surface area (Å²) in [5.74, 6) is 1.53. The van der Waals surface area contributed by atoms with Gasteiger partial charge < -0.3 is 5.11 Å². The number of rotatable bonds is 6. The van der Waals surface area contributed by atoms with Crippen molar-refractivity contribution in [2.75, 3.05) is 0 Å². The van der Waals surface area contributed by atoms with Crippen LogP contribution in [0, 0.1) is 11.8 Å². The molecule has 84 valence electrons. The summed E-state index contributed by atoms with van der Waals surface area (Å²) in [6.45, 7) is 6.49.